The molecule has 2 unspecified atom stereocenters. The number of carbonyl (C=O) groups is 1. The molecule has 3 heterocycles. The highest BCUT2D eigenvalue weighted by molar-refractivity contribution is 6.51. The number of likely N-dealkylation sites (tertiary alicyclic amines) is 1. The zero-order chi connectivity index (χ0) is 20.6. The molecule has 0 aromatic carbocycles. The Morgan fingerprint density at radius 2 is 1.64 bits per heavy atom. The van der Waals surface area contributed by atoms with Gasteiger partial charge in [0, 0.05) is 38.5 Å². The molecule has 2 atom stereocenters. The van der Waals surface area contributed by atoms with E-state index in [-0.39, 0.29) is 55.6 Å². The standard InChI is InChI=1S/C20H32BF2NO4/c1-16(2)17(3,4)28-21(27-16)20-6-9-24(13-14(20)12-20)15(25)19(18(5,22)23)7-10-26-11-8-19/h14H,6-13H2,1-5H3. The van der Waals surface area contributed by atoms with Crippen LogP contribution in [-0.2, 0) is 18.8 Å². The normalized spacial score (nSPS) is 36.2. The topological polar surface area (TPSA) is 48.0 Å². The van der Waals surface area contributed by atoms with Crippen LogP contribution in [0.1, 0.15) is 60.3 Å². The lowest BCUT2D eigenvalue weighted by atomic mass is 9.63. The van der Waals surface area contributed by atoms with Crippen molar-refractivity contribution >= 4 is 13.0 Å². The average Bonchev–Trinajstić information content (AvgIpc) is 3.29. The SMILES string of the molecule is CC(F)(F)C1(C(=O)N2CCC3(B4OC(C)(C)C(C)(C)O4)CC3C2)CCOCC1. The first-order chi connectivity index (χ1) is 12.8. The predicted molar refractivity (Wildman–Crippen MR) is 101 cm³/mol. The fourth-order valence-corrected chi connectivity index (χ4v) is 5.18. The van der Waals surface area contributed by atoms with E-state index in [4.69, 9.17) is 14.0 Å². The van der Waals surface area contributed by atoms with Crippen LogP contribution < -0.4 is 0 Å². The number of piperidine rings is 1. The highest BCUT2D eigenvalue weighted by Gasteiger charge is 2.71. The summed E-state index contributed by atoms with van der Waals surface area (Å²) in [6.45, 7) is 10.5. The fraction of sp³-hybridized carbons (Fsp3) is 0.950. The molecule has 5 nitrogen and oxygen atoms in total. The van der Waals surface area contributed by atoms with E-state index in [1.165, 1.54) is 0 Å². The lowest BCUT2D eigenvalue weighted by Gasteiger charge is -2.44. The number of alkyl halides is 2. The number of halogens is 2. The van der Waals surface area contributed by atoms with Gasteiger partial charge < -0.3 is 18.9 Å². The van der Waals surface area contributed by atoms with E-state index in [9.17, 15) is 13.6 Å². The number of rotatable bonds is 3. The van der Waals surface area contributed by atoms with Crippen molar-refractivity contribution in [2.75, 3.05) is 26.3 Å². The maximum absolute atomic E-state index is 14.5. The summed E-state index contributed by atoms with van der Waals surface area (Å²) in [5, 5.41) is -0.0839. The molecule has 4 fully saturated rings. The maximum atomic E-state index is 14.5. The highest BCUT2D eigenvalue weighted by Crippen LogP contribution is 2.69. The number of hydrogen-bond donors (Lipinski definition) is 0. The van der Waals surface area contributed by atoms with Crippen molar-refractivity contribution in [3.63, 3.8) is 0 Å². The smallest absolute Gasteiger partial charge is 0.403 e. The van der Waals surface area contributed by atoms with Gasteiger partial charge in [-0.3, -0.25) is 4.79 Å². The number of nitrogens with zero attached hydrogens (tertiary/aromatic N) is 1. The van der Waals surface area contributed by atoms with E-state index in [0.29, 0.717) is 13.1 Å². The van der Waals surface area contributed by atoms with Gasteiger partial charge in [-0.2, -0.15) is 0 Å². The lowest BCUT2D eigenvalue weighted by molar-refractivity contribution is -0.185. The Morgan fingerprint density at radius 3 is 2.14 bits per heavy atom. The summed E-state index contributed by atoms with van der Waals surface area (Å²) in [6, 6.07) is 0. The molecule has 1 saturated carbocycles. The molecule has 3 aliphatic heterocycles. The minimum absolute atomic E-state index is 0.0822. The van der Waals surface area contributed by atoms with Crippen LogP contribution in [0.25, 0.3) is 0 Å². The summed E-state index contributed by atoms with van der Waals surface area (Å²) in [5.41, 5.74) is -2.41. The molecule has 3 saturated heterocycles. The molecule has 4 rings (SSSR count). The van der Waals surface area contributed by atoms with Crippen molar-refractivity contribution in [1.29, 1.82) is 0 Å². The molecule has 1 aliphatic carbocycles. The minimum Gasteiger partial charge on any atom is -0.403 e. The number of amides is 1. The van der Waals surface area contributed by atoms with Crippen LogP contribution in [0.15, 0.2) is 0 Å². The van der Waals surface area contributed by atoms with E-state index < -0.39 is 17.2 Å². The van der Waals surface area contributed by atoms with Gasteiger partial charge in [0.25, 0.3) is 5.92 Å². The van der Waals surface area contributed by atoms with Crippen molar-refractivity contribution in [3.05, 3.63) is 0 Å². The Hall–Kier alpha value is -0.725. The summed E-state index contributed by atoms with van der Waals surface area (Å²) in [5.74, 6) is -3.21. The first-order valence-electron chi connectivity index (χ1n) is 10.5. The molecule has 0 N–H and O–H groups in total. The van der Waals surface area contributed by atoms with Gasteiger partial charge in [-0.05, 0) is 59.3 Å². The van der Waals surface area contributed by atoms with Crippen LogP contribution in [0.4, 0.5) is 8.78 Å². The van der Waals surface area contributed by atoms with Gasteiger partial charge >= 0.3 is 7.12 Å². The summed E-state index contributed by atoms with van der Waals surface area (Å²) in [7, 11) is -0.288. The van der Waals surface area contributed by atoms with Gasteiger partial charge in [-0.15, -0.1) is 0 Å². The Balaban J connectivity index is 1.47. The third kappa shape index (κ3) is 2.85. The lowest BCUT2D eigenvalue weighted by Crippen LogP contribution is -2.57. The quantitative estimate of drug-likeness (QED) is 0.682. The summed E-state index contributed by atoms with van der Waals surface area (Å²) in [4.78, 5) is 14.9. The van der Waals surface area contributed by atoms with Crippen molar-refractivity contribution in [1.82, 2.24) is 4.90 Å². The van der Waals surface area contributed by atoms with Crippen molar-refractivity contribution in [2.45, 2.75) is 82.7 Å². The second-order valence-electron chi connectivity index (χ2n) is 10.3. The van der Waals surface area contributed by atoms with Gasteiger partial charge in [-0.1, -0.05) is 0 Å². The number of carbonyl (C=O) groups excluding carboxylic acids is 1. The van der Waals surface area contributed by atoms with Gasteiger partial charge in [0.15, 0.2) is 0 Å². The van der Waals surface area contributed by atoms with Gasteiger partial charge in [0.05, 0.1) is 11.2 Å². The van der Waals surface area contributed by atoms with Gasteiger partial charge in [0.2, 0.25) is 5.91 Å². The second kappa shape index (κ2) is 6.14. The molecular weight excluding hydrogens is 367 g/mol. The molecule has 28 heavy (non-hydrogen) atoms. The minimum atomic E-state index is -3.06. The first-order valence-corrected chi connectivity index (χ1v) is 10.5. The molecule has 0 aromatic rings. The largest absolute Gasteiger partial charge is 0.464 e. The third-order valence-corrected chi connectivity index (χ3v) is 8.17. The molecule has 0 bridgehead atoms. The monoisotopic (exact) mass is 399 g/mol. The van der Waals surface area contributed by atoms with E-state index in [1.54, 1.807) is 4.90 Å². The number of fused-ring (bicyclic) bond motifs is 1. The Bertz CT molecular complexity index is 643. The van der Waals surface area contributed by atoms with Crippen LogP contribution in [0.5, 0.6) is 0 Å². The molecule has 8 heteroatoms. The van der Waals surface area contributed by atoms with Crippen molar-refractivity contribution in [2.24, 2.45) is 11.3 Å². The van der Waals surface area contributed by atoms with Crippen LogP contribution in [-0.4, -0.2) is 61.4 Å². The van der Waals surface area contributed by atoms with Crippen molar-refractivity contribution < 1.29 is 27.6 Å². The Morgan fingerprint density at radius 1 is 1.07 bits per heavy atom. The molecule has 4 aliphatic rings. The van der Waals surface area contributed by atoms with E-state index in [1.807, 2.05) is 27.7 Å². The Labute approximate surface area is 166 Å². The van der Waals surface area contributed by atoms with Crippen LogP contribution in [0.3, 0.4) is 0 Å². The fourth-order valence-electron chi connectivity index (χ4n) is 5.18. The maximum Gasteiger partial charge on any atom is 0.464 e. The summed E-state index contributed by atoms with van der Waals surface area (Å²) < 4.78 is 46.9. The highest BCUT2D eigenvalue weighted by atomic mass is 19.3. The van der Waals surface area contributed by atoms with E-state index in [0.717, 1.165) is 19.8 Å². The first kappa shape index (κ1) is 20.5. The number of ether oxygens (including phenoxy) is 1. The molecule has 1 amide bonds. The zero-order valence-electron chi connectivity index (χ0n) is 17.6. The van der Waals surface area contributed by atoms with Crippen LogP contribution in [0.2, 0.25) is 5.31 Å². The van der Waals surface area contributed by atoms with Crippen molar-refractivity contribution in [3.8, 4) is 0 Å². The molecule has 0 spiro atoms. The van der Waals surface area contributed by atoms with Gasteiger partial charge in [0.1, 0.15) is 5.41 Å². The molecular formula is C20H32BF2NO4. The van der Waals surface area contributed by atoms with Gasteiger partial charge in [-0.25, -0.2) is 8.78 Å². The summed E-state index contributed by atoms with van der Waals surface area (Å²) >= 11 is 0. The molecule has 0 radical (unpaired) electrons. The molecule has 0 aromatic heterocycles. The van der Waals surface area contributed by atoms with E-state index >= 15 is 0 Å². The van der Waals surface area contributed by atoms with E-state index in [2.05, 4.69) is 0 Å². The third-order valence-electron chi connectivity index (χ3n) is 8.17. The second-order valence-corrected chi connectivity index (χ2v) is 10.3. The van der Waals surface area contributed by atoms with Crippen LogP contribution in [0, 0.1) is 11.3 Å². The number of hydrogen-bond acceptors (Lipinski definition) is 4. The summed E-state index contributed by atoms with van der Waals surface area (Å²) in [6.07, 6.45) is 1.83. The van der Waals surface area contributed by atoms with Crippen LogP contribution >= 0.6 is 0 Å². The molecule has 158 valence electrons. The average molecular weight is 399 g/mol. The predicted octanol–water partition coefficient (Wildman–Crippen LogP) is 3.52. The Kier molecular flexibility index (Phi) is 4.51. The zero-order valence-corrected chi connectivity index (χ0v) is 17.6.